The molecule has 2 N–H and O–H groups in total. The highest BCUT2D eigenvalue weighted by molar-refractivity contribution is 5.96. The Labute approximate surface area is 231 Å². The van der Waals surface area contributed by atoms with Crippen LogP contribution in [-0.2, 0) is 15.1 Å². The van der Waals surface area contributed by atoms with Gasteiger partial charge in [0.25, 0.3) is 0 Å². The lowest BCUT2D eigenvalue weighted by atomic mass is 9.86. The van der Waals surface area contributed by atoms with Crippen molar-refractivity contribution in [3.05, 3.63) is 59.2 Å². The van der Waals surface area contributed by atoms with Crippen molar-refractivity contribution >= 4 is 11.9 Å². The van der Waals surface area contributed by atoms with Crippen LogP contribution in [0.4, 0.5) is 17.6 Å². The number of halogens is 4. The number of nitrogens with zero attached hydrogens (tertiary/aromatic N) is 1. The summed E-state index contributed by atoms with van der Waals surface area (Å²) in [6.45, 7) is 6.25. The topological polar surface area (TPSA) is 91.2 Å². The van der Waals surface area contributed by atoms with Crippen LogP contribution in [0.5, 0.6) is 0 Å². The lowest BCUT2D eigenvalue weighted by molar-refractivity contribution is -0.161. The average molecular weight is 560 g/mol. The molecule has 0 aromatic heterocycles. The van der Waals surface area contributed by atoms with Gasteiger partial charge >= 0.3 is 12.1 Å². The van der Waals surface area contributed by atoms with E-state index in [0.717, 1.165) is 5.56 Å². The van der Waals surface area contributed by atoms with Gasteiger partial charge in [0.15, 0.2) is 0 Å². The summed E-state index contributed by atoms with van der Waals surface area (Å²) in [7, 11) is 0. The Bertz CT molecular complexity index is 1320. The molecule has 0 unspecified atom stereocenters. The third-order valence-electron chi connectivity index (χ3n) is 7.77. The Hall–Kier alpha value is -3.45. The van der Waals surface area contributed by atoms with Crippen LogP contribution in [0.15, 0.2) is 42.5 Å². The molecule has 2 atom stereocenters. The van der Waals surface area contributed by atoms with E-state index in [2.05, 4.69) is 10.6 Å². The van der Waals surface area contributed by atoms with E-state index in [0.29, 0.717) is 42.4 Å². The van der Waals surface area contributed by atoms with Gasteiger partial charge in [-0.25, -0.2) is 9.18 Å². The summed E-state index contributed by atoms with van der Waals surface area (Å²) < 4.78 is 62.9. The number of benzene rings is 2. The fourth-order valence-corrected chi connectivity index (χ4v) is 5.23. The minimum absolute atomic E-state index is 0.163. The number of rotatable bonds is 10. The minimum Gasteiger partial charge on any atom is -0.451 e. The van der Waals surface area contributed by atoms with Gasteiger partial charge in [-0.15, -0.1) is 0 Å². The molecule has 6 nitrogen and oxygen atoms in total. The fraction of sp³-hybridized carbons (Fsp3) is 0.500. The number of cyclic esters (lactones) is 1. The Morgan fingerprint density at radius 1 is 1.05 bits per heavy atom. The van der Waals surface area contributed by atoms with Crippen LogP contribution >= 0.6 is 0 Å². The minimum atomic E-state index is -4.80. The molecule has 40 heavy (non-hydrogen) atoms. The quantitative estimate of drug-likeness (QED) is 0.259. The number of hydrogen-bond acceptors (Lipinski definition) is 5. The molecule has 2 aromatic rings. The molecule has 0 radical (unpaired) electrons. The molecule has 1 heterocycles. The average Bonchev–Trinajstić information content (AvgIpc) is 3.61. The van der Waals surface area contributed by atoms with Gasteiger partial charge in [-0.1, -0.05) is 50.2 Å². The van der Waals surface area contributed by atoms with E-state index in [9.17, 15) is 32.4 Å². The molecular formula is C30H33F4N3O3. The summed E-state index contributed by atoms with van der Waals surface area (Å²) in [6.07, 6.45) is -3.29. The van der Waals surface area contributed by atoms with Crippen LogP contribution in [0.1, 0.15) is 87.3 Å². The van der Waals surface area contributed by atoms with Gasteiger partial charge in [-0.2, -0.15) is 18.4 Å². The first-order valence-corrected chi connectivity index (χ1v) is 13.4. The van der Waals surface area contributed by atoms with Gasteiger partial charge in [0.2, 0.25) is 5.91 Å². The summed E-state index contributed by atoms with van der Waals surface area (Å²) >= 11 is 0. The van der Waals surface area contributed by atoms with E-state index < -0.39 is 53.4 Å². The summed E-state index contributed by atoms with van der Waals surface area (Å²) in [5.41, 5.74) is -1.42. The molecule has 1 fully saturated rings. The van der Waals surface area contributed by atoms with Gasteiger partial charge in [0.1, 0.15) is 22.9 Å². The Kier molecular flexibility index (Phi) is 7.76. The van der Waals surface area contributed by atoms with Crippen molar-refractivity contribution in [1.29, 1.82) is 5.26 Å². The highest BCUT2D eigenvalue weighted by Gasteiger charge is 2.48. The molecule has 214 valence electrons. The van der Waals surface area contributed by atoms with Gasteiger partial charge in [-0.05, 0) is 62.3 Å². The zero-order valence-corrected chi connectivity index (χ0v) is 22.9. The van der Waals surface area contributed by atoms with Crippen molar-refractivity contribution in [3.8, 4) is 17.2 Å². The number of amides is 1. The monoisotopic (exact) mass is 559 g/mol. The lowest BCUT2D eigenvalue weighted by Crippen LogP contribution is -2.53. The van der Waals surface area contributed by atoms with Crippen LogP contribution in [0.25, 0.3) is 11.1 Å². The van der Waals surface area contributed by atoms with Crippen LogP contribution < -0.4 is 10.6 Å². The number of alkyl halides is 4. The number of carbonyl (C=O) groups is 2. The second-order valence-corrected chi connectivity index (χ2v) is 11.3. The van der Waals surface area contributed by atoms with Crippen LogP contribution in [0, 0.1) is 11.3 Å². The second-order valence-electron chi connectivity index (χ2n) is 11.3. The van der Waals surface area contributed by atoms with E-state index in [-0.39, 0.29) is 5.56 Å². The third-order valence-corrected chi connectivity index (χ3v) is 7.77. The van der Waals surface area contributed by atoms with Gasteiger partial charge < -0.3 is 10.1 Å². The van der Waals surface area contributed by atoms with Crippen LogP contribution in [0.3, 0.4) is 0 Å². The number of hydrogen-bond donors (Lipinski definition) is 2. The molecule has 4 rings (SSSR count). The van der Waals surface area contributed by atoms with E-state index >= 15 is 0 Å². The van der Waals surface area contributed by atoms with Crippen molar-refractivity contribution in [2.24, 2.45) is 0 Å². The normalized spacial score (nSPS) is 18.7. The van der Waals surface area contributed by atoms with E-state index in [1.807, 2.05) is 32.0 Å². The molecule has 1 saturated carbocycles. The summed E-state index contributed by atoms with van der Waals surface area (Å²) in [5.74, 6) is -1.28. The standard InChI is InChI=1S/C30H33F4N3O3/c1-5-29(6-2)22-12-11-20(15-21(22)26(39)40-29)18-7-9-19(10-8-18)24(30(32,33)34)36-23(16-27(3,4)31)25(38)37-28(17-35)13-14-28/h7-12,15,23-24,36H,5-6,13-14,16H2,1-4H3,(H,37,38)/t23-,24-/m0/s1. The largest absolute Gasteiger partial charge is 0.451 e. The van der Waals surface area contributed by atoms with Crippen molar-refractivity contribution < 1.29 is 31.9 Å². The first-order valence-electron chi connectivity index (χ1n) is 13.4. The van der Waals surface area contributed by atoms with Gasteiger partial charge in [0.05, 0.1) is 17.7 Å². The van der Waals surface area contributed by atoms with Gasteiger partial charge in [-0.3, -0.25) is 10.1 Å². The van der Waals surface area contributed by atoms with Crippen molar-refractivity contribution in [1.82, 2.24) is 10.6 Å². The summed E-state index contributed by atoms with van der Waals surface area (Å²) in [4.78, 5) is 25.5. The maximum absolute atomic E-state index is 14.5. The third kappa shape index (κ3) is 5.99. The maximum Gasteiger partial charge on any atom is 0.407 e. The van der Waals surface area contributed by atoms with Gasteiger partial charge in [0, 0.05) is 12.0 Å². The predicted molar refractivity (Wildman–Crippen MR) is 141 cm³/mol. The highest BCUT2D eigenvalue weighted by atomic mass is 19.4. The smallest absolute Gasteiger partial charge is 0.407 e. The van der Waals surface area contributed by atoms with Crippen molar-refractivity contribution in [3.63, 3.8) is 0 Å². The molecular weight excluding hydrogens is 526 g/mol. The lowest BCUT2D eigenvalue weighted by Gasteiger charge is -2.30. The Balaban J connectivity index is 1.61. The molecule has 0 saturated heterocycles. The highest BCUT2D eigenvalue weighted by Crippen LogP contribution is 2.43. The zero-order chi connectivity index (χ0) is 29.5. The number of ether oxygens (including phenoxy) is 1. The molecule has 1 aliphatic carbocycles. The number of nitriles is 1. The Morgan fingerprint density at radius 3 is 2.15 bits per heavy atom. The number of fused-ring (bicyclic) bond motifs is 1. The molecule has 2 aliphatic rings. The molecule has 1 aliphatic heterocycles. The second kappa shape index (κ2) is 10.5. The summed E-state index contributed by atoms with van der Waals surface area (Å²) in [5, 5.41) is 14.1. The Morgan fingerprint density at radius 2 is 1.65 bits per heavy atom. The fourth-order valence-electron chi connectivity index (χ4n) is 5.23. The SMILES string of the molecule is CCC1(CC)OC(=O)c2cc(-c3ccc([C@H](N[C@@H](CC(C)(C)F)C(=O)NC4(C#N)CC4)C(F)(F)F)cc3)ccc21. The van der Waals surface area contributed by atoms with E-state index in [1.54, 1.807) is 6.07 Å². The molecule has 10 heteroatoms. The number of carbonyl (C=O) groups excluding carboxylic acids is 2. The maximum atomic E-state index is 14.5. The first kappa shape index (κ1) is 29.5. The van der Waals surface area contributed by atoms with E-state index in [1.165, 1.54) is 38.1 Å². The zero-order valence-electron chi connectivity index (χ0n) is 22.9. The summed E-state index contributed by atoms with van der Waals surface area (Å²) in [6, 6.07) is 9.09. The molecule has 2 aromatic carbocycles. The van der Waals surface area contributed by atoms with Crippen molar-refractivity contribution in [2.75, 3.05) is 0 Å². The molecule has 0 spiro atoms. The number of nitrogens with one attached hydrogen (secondary N) is 2. The van der Waals surface area contributed by atoms with Crippen LogP contribution in [0.2, 0.25) is 0 Å². The molecule has 0 bridgehead atoms. The van der Waals surface area contributed by atoms with Crippen molar-refractivity contribution in [2.45, 2.75) is 94.9 Å². The number of esters is 1. The first-order chi connectivity index (χ1) is 18.7. The van der Waals surface area contributed by atoms with E-state index in [4.69, 9.17) is 4.74 Å². The molecule has 1 amide bonds. The predicted octanol–water partition coefficient (Wildman–Crippen LogP) is 6.41. The van der Waals surface area contributed by atoms with Crippen LogP contribution in [-0.4, -0.2) is 35.3 Å².